The van der Waals surface area contributed by atoms with Crippen molar-refractivity contribution in [2.75, 3.05) is 26.7 Å². The van der Waals surface area contributed by atoms with Crippen LogP contribution in [0, 0.1) is 12.8 Å². The van der Waals surface area contributed by atoms with Crippen molar-refractivity contribution in [3.05, 3.63) is 53.3 Å². The first-order valence-electron chi connectivity index (χ1n) is 9.80. The van der Waals surface area contributed by atoms with Gasteiger partial charge in [-0.25, -0.2) is 4.79 Å². The van der Waals surface area contributed by atoms with Crippen LogP contribution in [-0.4, -0.2) is 52.7 Å². The van der Waals surface area contributed by atoms with E-state index in [4.69, 9.17) is 0 Å². The van der Waals surface area contributed by atoms with E-state index in [0.29, 0.717) is 13.1 Å². The second-order valence-corrected chi connectivity index (χ2v) is 7.77. The first-order chi connectivity index (χ1) is 13.0. The number of aromatic nitrogens is 2. The van der Waals surface area contributed by atoms with Crippen LogP contribution in [0.2, 0.25) is 0 Å². The number of benzene rings is 1. The number of carbonyl (C=O) groups excluding carboxylic acids is 1. The molecule has 3 rings (SSSR count). The number of nitrogens with one attached hydrogen (secondary N) is 2. The number of aromatic amines is 1. The normalized spacial score (nSPS) is 16.9. The predicted molar refractivity (Wildman–Crippen MR) is 107 cm³/mol. The number of piperidine rings is 1. The Bertz CT molecular complexity index is 705. The van der Waals surface area contributed by atoms with Gasteiger partial charge in [0.15, 0.2) is 0 Å². The van der Waals surface area contributed by atoms with Gasteiger partial charge in [-0.2, -0.15) is 5.10 Å². The lowest BCUT2D eigenvalue weighted by atomic mass is 9.95. The Morgan fingerprint density at radius 2 is 2.00 bits per heavy atom. The number of amides is 2. The summed E-state index contributed by atoms with van der Waals surface area (Å²) in [5, 5.41) is 9.96. The lowest BCUT2D eigenvalue weighted by Gasteiger charge is -2.37. The molecule has 6 nitrogen and oxygen atoms in total. The summed E-state index contributed by atoms with van der Waals surface area (Å²) >= 11 is 0. The number of hydrogen-bond donors (Lipinski definition) is 2. The number of urea groups is 1. The average molecular weight is 370 g/mol. The Balaban J connectivity index is 1.63. The highest BCUT2D eigenvalue weighted by Crippen LogP contribution is 2.26. The van der Waals surface area contributed by atoms with Gasteiger partial charge in [0, 0.05) is 19.8 Å². The summed E-state index contributed by atoms with van der Waals surface area (Å²) in [7, 11) is 1.81. The maximum Gasteiger partial charge on any atom is 0.317 e. The topological polar surface area (TPSA) is 64.3 Å². The first kappa shape index (κ1) is 19.4. The Morgan fingerprint density at radius 1 is 1.30 bits per heavy atom. The minimum absolute atomic E-state index is 0.0629. The molecule has 2 aromatic rings. The van der Waals surface area contributed by atoms with Crippen molar-refractivity contribution < 1.29 is 4.79 Å². The maximum absolute atomic E-state index is 12.6. The van der Waals surface area contributed by atoms with Crippen LogP contribution in [0.25, 0.3) is 0 Å². The number of hydrogen-bond acceptors (Lipinski definition) is 3. The summed E-state index contributed by atoms with van der Waals surface area (Å²) in [6.07, 6.45) is 4.14. The fourth-order valence-electron chi connectivity index (χ4n) is 3.61. The molecule has 0 spiro atoms. The van der Waals surface area contributed by atoms with E-state index in [2.05, 4.69) is 58.5 Å². The molecule has 1 aromatic heterocycles. The van der Waals surface area contributed by atoms with Gasteiger partial charge in [-0.1, -0.05) is 36.8 Å². The van der Waals surface area contributed by atoms with Gasteiger partial charge in [0.1, 0.15) is 0 Å². The molecular formula is C21H31N5O. The molecule has 1 aromatic carbocycles. The fraction of sp³-hybridized carbons (Fsp3) is 0.524. The van der Waals surface area contributed by atoms with E-state index in [1.807, 2.05) is 6.07 Å². The predicted octanol–water partition coefficient (Wildman–Crippen LogP) is 3.33. The number of likely N-dealkylation sites (tertiary alicyclic amines) is 1. The van der Waals surface area contributed by atoms with Crippen molar-refractivity contribution in [3.63, 3.8) is 0 Å². The van der Waals surface area contributed by atoms with Crippen molar-refractivity contribution in [2.45, 2.75) is 39.3 Å². The van der Waals surface area contributed by atoms with E-state index in [1.54, 1.807) is 18.1 Å². The van der Waals surface area contributed by atoms with E-state index >= 15 is 0 Å². The Morgan fingerprint density at radius 3 is 2.63 bits per heavy atom. The average Bonchev–Trinajstić information content (AvgIpc) is 3.17. The number of aryl methyl sites for hydroxylation is 1. The Kier molecular flexibility index (Phi) is 6.50. The van der Waals surface area contributed by atoms with E-state index in [0.717, 1.165) is 24.7 Å². The van der Waals surface area contributed by atoms with Crippen LogP contribution in [0.15, 0.2) is 36.5 Å². The van der Waals surface area contributed by atoms with Gasteiger partial charge in [-0.05, 0) is 50.4 Å². The van der Waals surface area contributed by atoms with Crippen molar-refractivity contribution in [3.8, 4) is 0 Å². The van der Waals surface area contributed by atoms with E-state index < -0.39 is 0 Å². The molecule has 6 heteroatoms. The molecule has 1 aliphatic rings. The molecule has 1 saturated heterocycles. The second kappa shape index (κ2) is 9.04. The van der Waals surface area contributed by atoms with Gasteiger partial charge in [0.2, 0.25) is 0 Å². The third-order valence-corrected chi connectivity index (χ3v) is 5.48. The van der Waals surface area contributed by atoms with E-state index in [9.17, 15) is 4.79 Å². The minimum Gasteiger partial charge on any atom is -0.336 e. The summed E-state index contributed by atoms with van der Waals surface area (Å²) in [5.41, 5.74) is 3.45. The zero-order valence-electron chi connectivity index (χ0n) is 16.6. The molecule has 2 heterocycles. The molecule has 0 saturated carbocycles. The van der Waals surface area contributed by atoms with Crippen LogP contribution in [0.5, 0.6) is 0 Å². The zero-order chi connectivity index (χ0) is 19.2. The van der Waals surface area contributed by atoms with Crippen LogP contribution in [-0.2, 0) is 6.54 Å². The first-order valence-corrected chi connectivity index (χ1v) is 9.80. The van der Waals surface area contributed by atoms with Crippen LogP contribution in [0.1, 0.15) is 42.6 Å². The maximum atomic E-state index is 12.6. The molecule has 1 atom stereocenters. The molecule has 0 aliphatic carbocycles. The van der Waals surface area contributed by atoms with Crippen molar-refractivity contribution in [2.24, 2.45) is 5.92 Å². The molecule has 1 fully saturated rings. The molecular weight excluding hydrogens is 338 g/mol. The van der Waals surface area contributed by atoms with Gasteiger partial charge in [0.25, 0.3) is 0 Å². The largest absolute Gasteiger partial charge is 0.336 e. The highest BCUT2D eigenvalue weighted by atomic mass is 16.2. The van der Waals surface area contributed by atoms with Gasteiger partial charge in [0.05, 0.1) is 18.3 Å². The monoisotopic (exact) mass is 369 g/mol. The number of nitrogens with zero attached hydrogens (tertiary/aromatic N) is 3. The number of carbonyl (C=O) groups is 1. The molecule has 2 amide bonds. The van der Waals surface area contributed by atoms with Gasteiger partial charge in [-0.3, -0.25) is 10.00 Å². The van der Waals surface area contributed by atoms with Crippen LogP contribution >= 0.6 is 0 Å². The van der Waals surface area contributed by atoms with Crippen LogP contribution in [0.4, 0.5) is 4.79 Å². The number of rotatable bonds is 6. The van der Waals surface area contributed by atoms with Crippen LogP contribution < -0.4 is 5.32 Å². The van der Waals surface area contributed by atoms with E-state index in [1.165, 1.54) is 24.0 Å². The molecule has 0 radical (unpaired) electrons. The zero-order valence-corrected chi connectivity index (χ0v) is 16.6. The highest BCUT2D eigenvalue weighted by Gasteiger charge is 2.25. The van der Waals surface area contributed by atoms with Gasteiger partial charge < -0.3 is 10.2 Å². The van der Waals surface area contributed by atoms with Crippen molar-refractivity contribution in [1.29, 1.82) is 0 Å². The molecule has 1 aliphatic heterocycles. The SMILES string of the molecule is Cc1ccc(C(CNC(=O)N(C)Cc2ccn[nH]2)N2CCC(C)CC2)cc1. The smallest absolute Gasteiger partial charge is 0.317 e. The van der Waals surface area contributed by atoms with Gasteiger partial charge in [-0.15, -0.1) is 0 Å². The fourth-order valence-corrected chi connectivity index (χ4v) is 3.61. The summed E-state index contributed by atoms with van der Waals surface area (Å²) in [6, 6.07) is 10.7. The third kappa shape index (κ3) is 5.32. The Labute approximate surface area is 161 Å². The molecule has 146 valence electrons. The quantitative estimate of drug-likeness (QED) is 0.821. The number of H-pyrrole nitrogens is 1. The van der Waals surface area contributed by atoms with Crippen molar-refractivity contribution in [1.82, 2.24) is 25.3 Å². The minimum atomic E-state index is -0.0629. The Hall–Kier alpha value is -2.34. The second-order valence-electron chi connectivity index (χ2n) is 7.77. The lowest BCUT2D eigenvalue weighted by molar-refractivity contribution is 0.134. The summed E-state index contributed by atoms with van der Waals surface area (Å²) in [5.74, 6) is 0.787. The molecule has 0 bridgehead atoms. The molecule has 2 N–H and O–H groups in total. The third-order valence-electron chi connectivity index (χ3n) is 5.48. The van der Waals surface area contributed by atoms with Gasteiger partial charge >= 0.3 is 6.03 Å². The lowest BCUT2D eigenvalue weighted by Crippen LogP contribution is -2.44. The van der Waals surface area contributed by atoms with Crippen molar-refractivity contribution >= 4 is 6.03 Å². The summed E-state index contributed by atoms with van der Waals surface area (Å²) in [4.78, 5) is 16.7. The van der Waals surface area contributed by atoms with E-state index in [-0.39, 0.29) is 12.1 Å². The summed E-state index contributed by atoms with van der Waals surface area (Å²) < 4.78 is 0. The standard InChI is InChI=1S/C21H31N5O/c1-16-4-6-18(7-5-16)20(26-12-9-17(2)10-13-26)14-22-21(27)25(3)15-19-8-11-23-24-19/h4-8,11,17,20H,9-10,12-15H2,1-3H3,(H,22,27)(H,23,24). The molecule has 27 heavy (non-hydrogen) atoms. The molecule has 1 unspecified atom stereocenters. The van der Waals surface area contributed by atoms with Crippen LogP contribution in [0.3, 0.4) is 0 Å². The highest BCUT2D eigenvalue weighted by molar-refractivity contribution is 5.73. The summed E-state index contributed by atoms with van der Waals surface area (Å²) in [6.45, 7) is 7.73.